The molecular formula is C34H49FN2O2. The SMILES string of the molecule is [C-]#[N+]C1=C(O)C(C)(C)[C@@H]2CC[C@]3(C)C(=CC(=O)[C@@H]4[C@@H]5CC(C)(C)CC[C@]5(CN5CC(F)C5)CC[C@]43C)[C@@]2(C)C1. The molecule has 214 valence electrons. The number of ketones is 1. The number of aliphatic hydroxyl groups excluding tert-OH is 1. The van der Waals surface area contributed by atoms with Crippen molar-refractivity contribution in [2.75, 3.05) is 19.6 Å². The van der Waals surface area contributed by atoms with Crippen LogP contribution in [-0.4, -0.2) is 41.6 Å². The minimum Gasteiger partial charge on any atom is -0.523 e. The van der Waals surface area contributed by atoms with E-state index in [1.165, 1.54) is 12.0 Å². The van der Waals surface area contributed by atoms with Crippen LogP contribution in [0.25, 0.3) is 4.85 Å². The zero-order chi connectivity index (χ0) is 28.4. The van der Waals surface area contributed by atoms with Crippen molar-refractivity contribution in [3.05, 3.63) is 34.5 Å². The number of aliphatic hydroxyl groups is 1. The van der Waals surface area contributed by atoms with Crippen molar-refractivity contribution < 1.29 is 14.3 Å². The van der Waals surface area contributed by atoms with E-state index in [1.807, 2.05) is 0 Å². The van der Waals surface area contributed by atoms with E-state index in [-0.39, 0.29) is 44.7 Å². The van der Waals surface area contributed by atoms with Crippen molar-refractivity contribution in [2.45, 2.75) is 106 Å². The summed E-state index contributed by atoms with van der Waals surface area (Å²) in [5, 5.41) is 11.1. The van der Waals surface area contributed by atoms with Crippen LogP contribution < -0.4 is 0 Å². The maximum absolute atomic E-state index is 14.6. The topological polar surface area (TPSA) is 44.9 Å². The predicted octanol–water partition coefficient (Wildman–Crippen LogP) is 7.92. The summed E-state index contributed by atoms with van der Waals surface area (Å²) in [7, 11) is 0. The fourth-order valence-electron chi connectivity index (χ4n) is 11.4. The Morgan fingerprint density at radius 2 is 1.72 bits per heavy atom. The molecule has 0 amide bonds. The quantitative estimate of drug-likeness (QED) is 0.365. The summed E-state index contributed by atoms with van der Waals surface area (Å²) in [6.45, 7) is 26.0. The van der Waals surface area contributed by atoms with Crippen molar-refractivity contribution in [1.82, 2.24) is 4.90 Å². The van der Waals surface area contributed by atoms with Gasteiger partial charge in [0.05, 0.1) is 6.57 Å². The van der Waals surface area contributed by atoms with Crippen molar-refractivity contribution in [3.8, 4) is 0 Å². The Bertz CT molecular complexity index is 1200. The van der Waals surface area contributed by atoms with Gasteiger partial charge < -0.3 is 5.11 Å². The molecule has 0 spiro atoms. The van der Waals surface area contributed by atoms with Crippen LogP contribution in [0.4, 0.5) is 4.39 Å². The van der Waals surface area contributed by atoms with Gasteiger partial charge in [0.1, 0.15) is 11.9 Å². The number of hydrogen-bond donors (Lipinski definition) is 1. The second kappa shape index (κ2) is 8.21. The second-order valence-corrected chi connectivity index (χ2v) is 16.6. The number of alkyl halides is 1. The molecule has 0 radical (unpaired) electrons. The molecule has 0 aromatic rings. The third-order valence-corrected chi connectivity index (χ3v) is 13.7. The van der Waals surface area contributed by atoms with Gasteiger partial charge in [-0.15, -0.1) is 0 Å². The van der Waals surface area contributed by atoms with E-state index >= 15 is 0 Å². The summed E-state index contributed by atoms with van der Waals surface area (Å²) in [6.07, 6.45) is 9.41. The first-order valence-corrected chi connectivity index (χ1v) is 15.5. The Balaban J connectivity index is 1.45. The van der Waals surface area contributed by atoms with Crippen LogP contribution in [0.5, 0.6) is 0 Å². The van der Waals surface area contributed by atoms with Gasteiger partial charge in [-0.25, -0.2) is 9.24 Å². The standard InChI is InChI=1S/C34H49FN2O2/c1-29(2)11-13-34(20-37-18-21(35)19-37)14-12-33(7)27(22(34)16-29)24(38)15-26-31(5)17-23(36-8)28(39)30(3,4)25(31)9-10-32(26,33)6/h15,21-22,25,27,39H,9-14,16-20H2,1-7H3/t22-,25-,27-,31-,32+,33+,34+/m0/s1. The molecule has 0 bridgehead atoms. The summed E-state index contributed by atoms with van der Waals surface area (Å²) < 4.78 is 13.9. The third kappa shape index (κ3) is 3.52. The molecule has 5 aliphatic carbocycles. The highest BCUT2D eigenvalue weighted by Gasteiger charge is 2.70. The van der Waals surface area contributed by atoms with Crippen LogP contribution in [0, 0.1) is 56.8 Å². The van der Waals surface area contributed by atoms with Gasteiger partial charge >= 0.3 is 0 Å². The fourth-order valence-corrected chi connectivity index (χ4v) is 11.4. The van der Waals surface area contributed by atoms with E-state index in [4.69, 9.17) is 6.57 Å². The lowest BCUT2D eigenvalue weighted by atomic mass is 9.34. The Kier molecular flexibility index (Phi) is 5.79. The van der Waals surface area contributed by atoms with E-state index in [2.05, 4.69) is 64.3 Å². The van der Waals surface area contributed by atoms with Crippen LogP contribution in [0.1, 0.15) is 99.8 Å². The predicted molar refractivity (Wildman–Crippen MR) is 152 cm³/mol. The molecule has 6 aliphatic rings. The summed E-state index contributed by atoms with van der Waals surface area (Å²) >= 11 is 0. The number of likely N-dealkylation sites (tertiary alicyclic amines) is 1. The molecule has 1 heterocycles. The van der Waals surface area contributed by atoms with Crippen molar-refractivity contribution in [1.29, 1.82) is 0 Å². The van der Waals surface area contributed by atoms with Gasteiger partial charge in [0.15, 0.2) is 5.78 Å². The largest absolute Gasteiger partial charge is 0.523 e. The van der Waals surface area contributed by atoms with Crippen molar-refractivity contribution in [2.24, 2.45) is 50.2 Å². The molecule has 4 fully saturated rings. The zero-order valence-corrected chi connectivity index (χ0v) is 25.3. The molecule has 7 atom stereocenters. The second-order valence-electron chi connectivity index (χ2n) is 16.6. The highest BCUT2D eigenvalue weighted by Crippen LogP contribution is 2.75. The van der Waals surface area contributed by atoms with Crippen LogP contribution >= 0.6 is 0 Å². The first-order valence-electron chi connectivity index (χ1n) is 15.5. The lowest BCUT2D eigenvalue weighted by molar-refractivity contribution is -0.179. The summed E-state index contributed by atoms with van der Waals surface area (Å²) in [5.74, 6) is 1.05. The van der Waals surface area contributed by atoms with E-state index in [0.717, 1.165) is 45.1 Å². The highest BCUT2D eigenvalue weighted by molar-refractivity contribution is 5.95. The van der Waals surface area contributed by atoms with Crippen molar-refractivity contribution >= 4 is 5.78 Å². The molecule has 0 aromatic carbocycles. The molecule has 4 nitrogen and oxygen atoms in total. The number of fused-ring (bicyclic) bond motifs is 7. The molecular weight excluding hydrogens is 487 g/mol. The summed E-state index contributed by atoms with van der Waals surface area (Å²) in [6, 6.07) is 0. The van der Waals surface area contributed by atoms with E-state index in [9.17, 15) is 14.3 Å². The highest BCUT2D eigenvalue weighted by atomic mass is 19.1. The molecule has 3 saturated carbocycles. The number of nitrogens with zero attached hydrogens (tertiary/aromatic N) is 2. The number of carbonyl (C=O) groups is 1. The Hall–Kier alpha value is -1.67. The van der Waals surface area contributed by atoms with E-state index in [1.54, 1.807) is 0 Å². The lowest BCUT2D eigenvalue weighted by Gasteiger charge is -2.70. The monoisotopic (exact) mass is 536 g/mol. The Morgan fingerprint density at radius 3 is 2.36 bits per heavy atom. The first-order chi connectivity index (χ1) is 18.0. The third-order valence-electron chi connectivity index (χ3n) is 13.7. The fraction of sp³-hybridized carbons (Fsp3) is 0.824. The molecule has 1 saturated heterocycles. The molecule has 5 heteroatoms. The van der Waals surface area contributed by atoms with Crippen LogP contribution in [0.2, 0.25) is 0 Å². The smallest absolute Gasteiger partial charge is 0.203 e. The normalized spacial score (nSPS) is 47.1. The number of halogens is 1. The van der Waals surface area contributed by atoms with Gasteiger partial charge in [-0.3, -0.25) is 9.69 Å². The Morgan fingerprint density at radius 1 is 1.05 bits per heavy atom. The molecule has 6 rings (SSSR count). The van der Waals surface area contributed by atoms with Gasteiger partial charge in [-0.05, 0) is 96.4 Å². The van der Waals surface area contributed by atoms with Crippen molar-refractivity contribution in [3.63, 3.8) is 0 Å². The number of rotatable bonds is 2. The van der Waals surface area contributed by atoms with Gasteiger partial charge in [-0.1, -0.05) is 54.0 Å². The van der Waals surface area contributed by atoms with Gasteiger partial charge in [0.2, 0.25) is 5.70 Å². The van der Waals surface area contributed by atoms with E-state index in [0.29, 0.717) is 36.9 Å². The van der Waals surface area contributed by atoms with Gasteiger partial charge in [-0.2, -0.15) is 0 Å². The minimum absolute atomic E-state index is 0.0111. The van der Waals surface area contributed by atoms with Crippen LogP contribution in [0.3, 0.4) is 0 Å². The molecule has 39 heavy (non-hydrogen) atoms. The van der Waals surface area contributed by atoms with Gasteiger partial charge in [0, 0.05) is 31.0 Å². The van der Waals surface area contributed by atoms with Gasteiger partial charge in [0.25, 0.3) is 0 Å². The zero-order valence-electron chi connectivity index (χ0n) is 25.3. The number of hydrogen-bond acceptors (Lipinski definition) is 3. The van der Waals surface area contributed by atoms with Crippen LogP contribution in [-0.2, 0) is 4.79 Å². The lowest BCUT2D eigenvalue weighted by Crippen LogP contribution is -2.66. The van der Waals surface area contributed by atoms with Crippen LogP contribution in [0.15, 0.2) is 23.1 Å². The number of allylic oxidation sites excluding steroid dienone is 4. The molecule has 0 aromatic heterocycles. The average molecular weight is 537 g/mol. The molecule has 1 aliphatic heterocycles. The Labute approximate surface area is 235 Å². The average Bonchev–Trinajstić information content (AvgIpc) is 2.82. The van der Waals surface area contributed by atoms with E-state index < -0.39 is 11.6 Å². The maximum Gasteiger partial charge on any atom is 0.203 e. The maximum atomic E-state index is 14.6. The minimum atomic E-state index is -0.695. The summed E-state index contributed by atoms with van der Waals surface area (Å²) in [4.78, 5) is 20.7. The molecule has 0 unspecified atom stereocenters. The summed E-state index contributed by atoms with van der Waals surface area (Å²) in [5.41, 5.74) is 0.949. The number of carbonyl (C=O) groups excluding carboxylic acids is 1. The first kappa shape index (κ1) is 27.5. The molecule has 1 N–H and O–H groups in total.